The summed E-state index contributed by atoms with van der Waals surface area (Å²) in [5.41, 5.74) is 4.29. The molecular formula is C25H30N4O2. The number of piperazine rings is 1. The monoisotopic (exact) mass is 418 g/mol. The predicted octanol–water partition coefficient (Wildman–Crippen LogP) is 4.02. The van der Waals surface area contributed by atoms with Crippen LogP contribution >= 0.6 is 0 Å². The van der Waals surface area contributed by atoms with E-state index in [1.165, 1.54) is 5.56 Å². The summed E-state index contributed by atoms with van der Waals surface area (Å²) in [4.78, 5) is 17.9. The fourth-order valence-electron chi connectivity index (χ4n) is 4.00. The van der Waals surface area contributed by atoms with Gasteiger partial charge in [0.15, 0.2) is 0 Å². The number of aromatic nitrogens is 2. The largest absolute Gasteiger partial charge is 0.497 e. The van der Waals surface area contributed by atoms with Crippen LogP contribution in [-0.4, -0.2) is 65.3 Å². The number of amides is 1. The van der Waals surface area contributed by atoms with Crippen LogP contribution in [0.3, 0.4) is 0 Å². The number of aryl methyl sites for hydroxylation is 1. The number of ether oxygens (including phenoxy) is 1. The Morgan fingerprint density at radius 1 is 1.06 bits per heavy atom. The van der Waals surface area contributed by atoms with E-state index in [0.29, 0.717) is 11.3 Å². The summed E-state index contributed by atoms with van der Waals surface area (Å²) in [7, 11) is 1.64. The molecule has 3 aromatic rings. The number of rotatable bonds is 6. The molecule has 0 N–H and O–H groups in total. The lowest BCUT2D eigenvalue weighted by molar-refractivity contribution is 0.0638. The normalized spacial score (nSPS) is 14.6. The van der Waals surface area contributed by atoms with Gasteiger partial charge in [-0.05, 0) is 44.2 Å². The fraction of sp³-hybridized carbons (Fsp3) is 0.360. The lowest BCUT2D eigenvalue weighted by Crippen LogP contribution is -2.48. The van der Waals surface area contributed by atoms with Crippen molar-refractivity contribution in [1.82, 2.24) is 19.6 Å². The summed E-state index contributed by atoms with van der Waals surface area (Å²) >= 11 is 0. The molecule has 0 atom stereocenters. The standard InChI is InChI=1S/C25H30N4O2/c1-4-12-27-13-15-28(16-14-27)25(30)23-18-29(21-10-8-19(2)9-11-21)26-24(23)20-6-5-7-22(17-20)31-3/h5-11,17-18H,4,12-16H2,1-3H3. The van der Waals surface area contributed by atoms with Crippen molar-refractivity contribution < 1.29 is 9.53 Å². The van der Waals surface area contributed by atoms with Crippen molar-refractivity contribution in [2.45, 2.75) is 20.3 Å². The summed E-state index contributed by atoms with van der Waals surface area (Å²) in [6.07, 6.45) is 3.00. The first-order chi connectivity index (χ1) is 15.1. The minimum absolute atomic E-state index is 0.0346. The van der Waals surface area contributed by atoms with E-state index in [2.05, 4.69) is 30.9 Å². The summed E-state index contributed by atoms with van der Waals surface area (Å²) in [5, 5.41) is 4.82. The molecule has 6 heteroatoms. The molecule has 2 aromatic carbocycles. The molecule has 0 radical (unpaired) electrons. The van der Waals surface area contributed by atoms with E-state index in [4.69, 9.17) is 9.84 Å². The number of carbonyl (C=O) groups excluding carboxylic acids is 1. The minimum Gasteiger partial charge on any atom is -0.497 e. The van der Waals surface area contributed by atoms with Gasteiger partial charge < -0.3 is 9.64 Å². The molecule has 1 fully saturated rings. The molecule has 1 aromatic heterocycles. The Morgan fingerprint density at radius 3 is 2.48 bits per heavy atom. The number of nitrogens with zero attached hydrogens (tertiary/aromatic N) is 4. The average molecular weight is 419 g/mol. The molecule has 0 bridgehead atoms. The maximum Gasteiger partial charge on any atom is 0.257 e. The number of hydrogen-bond donors (Lipinski definition) is 0. The highest BCUT2D eigenvalue weighted by Crippen LogP contribution is 2.28. The average Bonchev–Trinajstić information content (AvgIpc) is 3.25. The van der Waals surface area contributed by atoms with Crippen LogP contribution in [-0.2, 0) is 0 Å². The molecule has 1 amide bonds. The van der Waals surface area contributed by atoms with Gasteiger partial charge in [-0.15, -0.1) is 0 Å². The minimum atomic E-state index is 0.0346. The van der Waals surface area contributed by atoms with E-state index in [0.717, 1.165) is 56.1 Å². The smallest absolute Gasteiger partial charge is 0.257 e. The molecule has 31 heavy (non-hydrogen) atoms. The van der Waals surface area contributed by atoms with Crippen LogP contribution in [0.5, 0.6) is 5.75 Å². The third kappa shape index (κ3) is 4.64. The van der Waals surface area contributed by atoms with E-state index in [1.807, 2.05) is 47.5 Å². The first-order valence-electron chi connectivity index (χ1n) is 10.9. The maximum absolute atomic E-state index is 13.5. The lowest BCUT2D eigenvalue weighted by atomic mass is 10.1. The van der Waals surface area contributed by atoms with Crippen LogP contribution in [0, 0.1) is 6.92 Å². The van der Waals surface area contributed by atoms with Crippen molar-refractivity contribution in [3.8, 4) is 22.7 Å². The van der Waals surface area contributed by atoms with E-state index in [1.54, 1.807) is 11.8 Å². The molecular weight excluding hydrogens is 388 g/mol. The van der Waals surface area contributed by atoms with Crippen molar-refractivity contribution in [3.05, 3.63) is 65.9 Å². The molecule has 0 unspecified atom stereocenters. The van der Waals surface area contributed by atoms with Gasteiger partial charge in [0.25, 0.3) is 5.91 Å². The van der Waals surface area contributed by atoms with Crippen LogP contribution in [0.1, 0.15) is 29.3 Å². The summed E-state index contributed by atoms with van der Waals surface area (Å²) in [5.74, 6) is 0.779. The van der Waals surface area contributed by atoms with Crippen molar-refractivity contribution in [1.29, 1.82) is 0 Å². The second-order valence-corrected chi connectivity index (χ2v) is 8.04. The molecule has 2 heterocycles. The zero-order valence-electron chi connectivity index (χ0n) is 18.5. The molecule has 4 rings (SSSR count). The molecule has 6 nitrogen and oxygen atoms in total. The summed E-state index contributed by atoms with van der Waals surface area (Å²) < 4.78 is 7.20. The summed E-state index contributed by atoms with van der Waals surface area (Å²) in [6, 6.07) is 15.9. The van der Waals surface area contributed by atoms with Gasteiger partial charge in [0.05, 0.1) is 18.4 Å². The van der Waals surface area contributed by atoms with Crippen LogP contribution in [0.2, 0.25) is 0 Å². The van der Waals surface area contributed by atoms with Gasteiger partial charge in [-0.25, -0.2) is 4.68 Å². The number of benzene rings is 2. The van der Waals surface area contributed by atoms with Crippen LogP contribution < -0.4 is 4.74 Å². The Hall–Kier alpha value is -3.12. The van der Waals surface area contributed by atoms with Crippen molar-refractivity contribution in [3.63, 3.8) is 0 Å². The fourth-order valence-corrected chi connectivity index (χ4v) is 4.00. The Labute approximate surface area is 184 Å². The van der Waals surface area contributed by atoms with Gasteiger partial charge in [0, 0.05) is 37.9 Å². The molecule has 0 aliphatic carbocycles. The third-order valence-electron chi connectivity index (χ3n) is 5.79. The van der Waals surface area contributed by atoms with Crippen molar-refractivity contribution in [2.75, 3.05) is 39.8 Å². The van der Waals surface area contributed by atoms with Gasteiger partial charge in [-0.3, -0.25) is 9.69 Å². The van der Waals surface area contributed by atoms with Crippen molar-refractivity contribution in [2.24, 2.45) is 0 Å². The van der Waals surface area contributed by atoms with Gasteiger partial charge in [0.1, 0.15) is 11.4 Å². The predicted molar refractivity (Wildman–Crippen MR) is 123 cm³/mol. The Kier molecular flexibility index (Phi) is 6.37. The first-order valence-corrected chi connectivity index (χ1v) is 10.9. The topological polar surface area (TPSA) is 50.6 Å². The quantitative estimate of drug-likeness (QED) is 0.607. The Bertz CT molecular complexity index is 1030. The lowest BCUT2D eigenvalue weighted by Gasteiger charge is -2.34. The van der Waals surface area contributed by atoms with E-state index in [9.17, 15) is 4.79 Å². The first kappa shape index (κ1) is 21.1. The van der Waals surface area contributed by atoms with Gasteiger partial charge in [-0.2, -0.15) is 5.10 Å². The second kappa shape index (κ2) is 9.35. The number of carbonyl (C=O) groups is 1. The molecule has 0 saturated carbocycles. The molecule has 0 spiro atoms. The van der Waals surface area contributed by atoms with Crippen LogP contribution in [0.4, 0.5) is 0 Å². The molecule has 1 aliphatic rings. The molecule has 1 saturated heterocycles. The van der Waals surface area contributed by atoms with Gasteiger partial charge in [-0.1, -0.05) is 36.8 Å². The Balaban J connectivity index is 1.69. The van der Waals surface area contributed by atoms with E-state index >= 15 is 0 Å². The Morgan fingerprint density at radius 2 is 1.81 bits per heavy atom. The number of methoxy groups -OCH3 is 1. The van der Waals surface area contributed by atoms with Crippen molar-refractivity contribution >= 4 is 5.91 Å². The van der Waals surface area contributed by atoms with Crippen LogP contribution in [0.25, 0.3) is 16.9 Å². The van der Waals surface area contributed by atoms with Crippen LogP contribution in [0.15, 0.2) is 54.7 Å². The zero-order valence-corrected chi connectivity index (χ0v) is 18.5. The number of hydrogen-bond acceptors (Lipinski definition) is 4. The highest BCUT2D eigenvalue weighted by atomic mass is 16.5. The zero-order chi connectivity index (χ0) is 21.8. The van der Waals surface area contributed by atoms with E-state index < -0.39 is 0 Å². The second-order valence-electron chi connectivity index (χ2n) is 8.04. The van der Waals surface area contributed by atoms with Gasteiger partial charge >= 0.3 is 0 Å². The molecule has 1 aliphatic heterocycles. The molecule has 162 valence electrons. The SMILES string of the molecule is CCCN1CCN(C(=O)c2cn(-c3ccc(C)cc3)nc2-c2cccc(OC)c2)CC1. The third-order valence-corrected chi connectivity index (χ3v) is 5.79. The highest BCUT2D eigenvalue weighted by Gasteiger charge is 2.26. The van der Waals surface area contributed by atoms with E-state index in [-0.39, 0.29) is 5.91 Å². The highest BCUT2D eigenvalue weighted by molar-refractivity contribution is 6.00. The summed E-state index contributed by atoms with van der Waals surface area (Å²) in [6.45, 7) is 8.65. The maximum atomic E-state index is 13.5. The van der Waals surface area contributed by atoms with Gasteiger partial charge in [0.2, 0.25) is 0 Å².